The third-order valence-electron chi connectivity index (χ3n) is 4.69. The average molecular weight is 410 g/mol. The number of unbranched alkanes of at least 4 members (excludes halogenated alkanes) is 3. The van der Waals surface area contributed by atoms with E-state index >= 15 is 0 Å². The maximum Gasteiger partial charge on any atom is 0.330 e. The Morgan fingerprint density at radius 2 is 2.17 bits per heavy atom. The van der Waals surface area contributed by atoms with E-state index in [0.29, 0.717) is 13.1 Å². The number of aliphatic hydroxyl groups excluding tert-OH is 1. The van der Waals surface area contributed by atoms with Gasteiger partial charge >= 0.3 is 5.69 Å². The standard InChI is InChI=1S/C19H30N4O6/c1-28-12-15-14(24)10-17(29-15)23-11-13(18(26)22-19(23)27)6-7-16(25)21-9-5-3-2-4-8-20/h6-7,11,14-15,17,24H,2-5,8-10,12,20H2,1H3,(H,21,25)(H,22,26,27)/b7-6+/t14-,15+,17+/m0/s1. The zero-order chi connectivity index (χ0) is 21.2. The summed E-state index contributed by atoms with van der Waals surface area (Å²) in [4.78, 5) is 38.3. The van der Waals surface area contributed by atoms with Crippen molar-refractivity contribution in [3.05, 3.63) is 38.7 Å². The summed E-state index contributed by atoms with van der Waals surface area (Å²) in [7, 11) is 1.49. The number of nitrogens with one attached hydrogen (secondary N) is 2. The van der Waals surface area contributed by atoms with E-state index in [0.717, 1.165) is 25.7 Å². The third-order valence-corrected chi connectivity index (χ3v) is 4.69. The van der Waals surface area contributed by atoms with Crippen LogP contribution in [0.4, 0.5) is 0 Å². The third kappa shape index (κ3) is 6.93. The van der Waals surface area contributed by atoms with Gasteiger partial charge in [0, 0.05) is 32.3 Å². The summed E-state index contributed by atoms with van der Waals surface area (Å²) in [6.07, 6.45) is 5.88. The fourth-order valence-electron chi connectivity index (χ4n) is 3.09. The molecule has 0 spiro atoms. The fraction of sp³-hybridized carbons (Fsp3) is 0.632. The van der Waals surface area contributed by atoms with E-state index in [1.807, 2.05) is 0 Å². The molecule has 0 saturated carbocycles. The Hall–Kier alpha value is -2.27. The molecule has 2 heterocycles. The lowest BCUT2D eigenvalue weighted by Gasteiger charge is -2.15. The van der Waals surface area contributed by atoms with Crippen molar-refractivity contribution in [1.82, 2.24) is 14.9 Å². The van der Waals surface area contributed by atoms with Gasteiger partial charge in [-0.05, 0) is 25.5 Å². The summed E-state index contributed by atoms with van der Waals surface area (Å²) in [6.45, 7) is 1.40. The molecule has 1 aromatic rings. The van der Waals surface area contributed by atoms with Crippen molar-refractivity contribution >= 4 is 12.0 Å². The van der Waals surface area contributed by atoms with Crippen molar-refractivity contribution in [3.63, 3.8) is 0 Å². The Kier molecular flexibility index (Phi) is 9.26. The van der Waals surface area contributed by atoms with E-state index in [9.17, 15) is 19.5 Å². The van der Waals surface area contributed by atoms with Gasteiger partial charge in [-0.3, -0.25) is 19.1 Å². The van der Waals surface area contributed by atoms with Crippen LogP contribution in [0.3, 0.4) is 0 Å². The van der Waals surface area contributed by atoms with Crippen LogP contribution in [-0.4, -0.2) is 59.6 Å². The molecule has 29 heavy (non-hydrogen) atoms. The second-order valence-corrected chi connectivity index (χ2v) is 6.97. The number of nitrogens with two attached hydrogens (primary N) is 1. The van der Waals surface area contributed by atoms with Crippen molar-refractivity contribution in [3.8, 4) is 0 Å². The predicted molar refractivity (Wildman–Crippen MR) is 107 cm³/mol. The van der Waals surface area contributed by atoms with Crippen LogP contribution in [0.15, 0.2) is 21.9 Å². The highest BCUT2D eigenvalue weighted by Crippen LogP contribution is 2.27. The van der Waals surface area contributed by atoms with Gasteiger partial charge < -0.3 is 25.6 Å². The molecule has 10 heteroatoms. The van der Waals surface area contributed by atoms with Crippen molar-refractivity contribution in [1.29, 1.82) is 0 Å². The van der Waals surface area contributed by atoms with E-state index < -0.39 is 29.7 Å². The van der Waals surface area contributed by atoms with Crippen molar-refractivity contribution in [2.75, 3.05) is 26.8 Å². The van der Waals surface area contributed by atoms with Gasteiger partial charge in [0.1, 0.15) is 12.3 Å². The van der Waals surface area contributed by atoms with E-state index in [4.69, 9.17) is 15.2 Å². The highest BCUT2D eigenvalue weighted by Gasteiger charge is 2.35. The monoisotopic (exact) mass is 410 g/mol. The van der Waals surface area contributed by atoms with Crippen molar-refractivity contribution in [2.45, 2.75) is 50.5 Å². The molecule has 5 N–H and O–H groups in total. The smallest absolute Gasteiger partial charge is 0.330 e. The minimum Gasteiger partial charge on any atom is -0.390 e. The Bertz CT molecular complexity index is 803. The van der Waals surface area contributed by atoms with Crippen LogP contribution in [0.5, 0.6) is 0 Å². The molecule has 0 radical (unpaired) electrons. The average Bonchev–Trinajstić information content (AvgIpc) is 3.04. The number of amides is 1. The predicted octanol–water partition coefficient (Wildman–Crippen LogP) is -0.520. The molecule has 1 saturated heterocycles. The topological polar surface area (TPSA) is 149 Å². The maximum atomic E-state index is 12.1. The number of aromatic nitrogens is 2. The number of ether oxygens (including phenoxy) is 2. The number of hydrogen-bond donors (Lipinski definition) is 4. The lowest BCUT2D eigenvalue weighted by Crippen LogP contribution is -2.33. The molecule has 2 rings (SSSR count). The van der Waals surface area contributed by atoms with Crippen LogP contribution in [0.2, 0.25) is 0 Å². The summed E-state index contributed by atoms with van der Waals surface area (Å²) < 4.78 is 11.8. The highest BCUT2D eigenvalue weighted by atomic mass is 16.6. The summed E-state index contributed by atoms with van der Waals surface area (Å²) in [6, 6.07) is 0. The molecular weight excluding hydrogens is 380 g/mol. The van der Waals surface area contributed by atoms with Crippen LogP contribution in [0.1, 0.15) is 43.9 Å². The summed E-state index contributed by atoms with van der Waals surface area (Å²) in [5.74, 6) is -0.325. The molecule has 162 valence electrons. The molecule has 1 aromatic heterocycles. The second kappa shape index (κ2) is 11.7. The van der Waals surface area contributed by atoms with Crippen LogP contribution in [0.25, 0.3) is 6.08 Å². The highest BCUT2D eigenvalue weighted by molar-refractivity contribution is 5.91. The number of methoxy groups -OCH3 is 1. The van der Waals surface area contributed by atoms with Crippen LogP contribution < -0.4 is 22.3 Å². The largest absolute Gasteiger partial charge is 0.390 e. The van der Waals surface area contributed by atoms with E-state index in [-0.39, 0.29) is 24.5 Å². The van der Waals surface area contributed by atoms with Gasteiger partial charge in [-0.2, -0.15) is 0 Å². The number of hydrogen-bond acceptors (Lipinski definition) is 7. The molecule has 3 atom stereocenters. The Labute approximate surface area is 168 Å². The number of carbonyl (C=O) groups is 1. The van der Waals surface area contributed by atoms with Gasteiger partial charge in [0.2, 0.25) is 5.91 Å². The normalized spacial score (nSPS) is 21.7. The lowest BCUT2D eigenvalue weighted by molar-refractivity contribution is -0.116. The quantitative estimate of drug-likeness (QED) is 0.283. The Balaban J connectivity index is 1.98. The molecule has 0 aliphatic carbocycles. The second-order valence-electron chi connectivity index (χ2n) is 6.97. The Morgan fingerprint density at radius 3 is 2.90 bits per heavy atom. The molecule has 1 aliphatic heterocycles. The number of rotatable bonds is 11. The molecule has 0 aromatic carbocycles. The van der Waals surface area contributed by atoms with Crippen LogP contribution in [0, 0.1) is 0 Å². The summed E-state index contributed by atoms with van der Waals surface area (Å²) in [5, 5.41) is 12.8. The first-order valence-corrected chi connectivity index (χ1v) is 9.80. The number of nitrogens with zero attached hydrogens (tertiary/aromatic N) is 1. The van der Waals surface area contributed by atoms with Crippen LogP contribution >= 0.6 is 0 Å². The number of aromatic amines is 1. The van der Waals surface area contributed by atoms with E-state index in [1.54, 1.807) is 0 Å². The zero-order valence-corrected chi connectivity index (χ0v) is 16.6. The molecule has 1 aliphatic rings. The molecule has 1 fully saturated rings. The van der Waals surface area contributed by atoms with E-state index in [1.165, 1.54) is 30.0 Å². The number of H-pyrrole nitrogens is 1. The maximum absolute atomic E-state index is 12.1. The first-order valence-electron chi connectivity index (χ1n) is 9.80. The van der Waals surface area contributed by atoms with Crippen molar-refractivity contribution < 1.29 is 19.4 Å². The van der Waals surface area contributed by atoms with Gasteiger partial charge in [0.25, 0.3) is 5.56 Å². The van der Waals surface area contributed by atoms with Gasteiger partial charge in [-0.25, -0.2) is 4.79 Å². The van der Waals surface area contributed by atoms with Crippen LogP contribution in [-0.2, 0) is 14.3 Å². The summed E-state index contributed by atoms with van der Waals surface area (Å²) >= 11 is 0. The fourth-order valence-corrected chi connectivity index (χ4v) is 3.09. The lowest BCUT2D eigenvalue weighted by atomic mass is 10.2. The number of carbonyl (C=O) groups excluding carboxylic acids is 1. The summed E-state index contributed by atoms with van der Waals surface area (Å²) in [5.41, 5.74) is 4.31. The Morgan fingerprint density at radius 1 is 1.41 bits per heavy atom. The molecule has 1 amide bonds. The minimum absolute atomic E-state index is 0.135. The molecular formula is C19H30N4O6. The first-order chi connectivity index (χ1) is 14.0. The molecule has 0 bridgehead atoms. The molecule has 10 nitrogen and oxygen atoms in total. The van der Waals surface area contributed by atoms with E-state index in [2.05, 4.69) is 10.3 Å². The van der Waals surface area contributed by atoms with Gasteiger partial charge in [-0.15, -0.1) is 0 Å². The minimum atomic E-state index is -0.784. The molecule has 0 unspecified atom stereocenters. The zero-order valence-electron chi connectivity index (χ0n) is 16.6. The van der Waals surface area contributed by atoms with Gasteiger partial charge in [-0.1, -0.05) is 12.8 Å². The SMILES string of the molecule is COC[C@H]1O[C@@H](n2cc(/C=C/C(=O)NCCCCCCN)c(=O)[nH]c2=O)C[C@@H]1O. The van der Waals surface area contributed by atoms with Gasteiger partial charge in [0.05, 0.1) is 18.3 Å². The number of aliphatic hydroxyl groups is 1. The van der Waals surface area contributed by atoms with Gasteiger partial charge in [0.15, 0.2) is 0 Å². The first kappa shape index (κ1) is 23.0. The van der Waals surface area contributed by atoms with Crippen molar-refractivity contribution in [2.24, 2.45) is 5.73 Å².